The largest absolute Gasteiger partial charge is 0.384 e. The molecule has 16 heavy (non-hydrogen) atoms. The second-order valence-corrected chi connectivity index (χ2v) is 4.56. The van der Waals surface area contributed by atoms with Gasteiger partial charge in [-0.1, -0.05) is 25.1 Å². The molecule has 1 fully saturated rings. The average Bonchev–Trinajstić information content (AvgIpc) is 2.89. The second kappa shape index (κ2) is 3.37. The van der Waals surface area contributed by atoms with Crippen molar-refractivity contribution in [2.24, 2.45) is 5.92 Å². The van der Waals surface area contributed by atoms with Gasteiger partial charge in [-0.05, 0) is 24.5 Å². The maximum absolute atomic E-state index is 5.98. The average molecular weight is 213 g/mol. The van der Waals surface area contributed by atoms with Crippen LogP contribution in [0.1, 0.15) is 25.0 Å². The van der Waals surface area contributed by atoms with Gasteiger partial charge < -0.3 is 5.73 Å². The molecule has 0 bridgehead atoms. The molecule has 2 unspecified atom stereocenters. The number of aromatic nitrogens is 2. The fraction of sp³-hybridized carbons (Fsp3) is 0.308. The van der Waals surface area contributed by atoms with Crippen LogP contribution < -0.4 is 5.73 Å². The van der Waals surface area contributed by atoms with E-state index in [0.717, 1.165) is 23.1 Å². The Bertz CT molecular complexity index is 501. The Labute approximate surface area is 94.9 Å². The van der Waals surface area contributed by atoms with E-state index in [-0.39, 0.29) is 0 Å². The molecule has 1 saturated carbocycles. The fourth-order valence-electron chi connectivity index (χ4n) is 2.11. The van der Waals surface area contributed by atoms with E-state index >= 15 is 0 Å². The first-order valence-corrected chi connectivity index (χ1v) is 5.66. The summed E-state index contributed by atoms with van der Waals surface area (Å²) in [5.41, 5.74) is 8.15. The Morgan fingerprint density at radius 3 is 2.62 bits per heavy atom. The van der Waals surface area contributed by atoms with Crippen molar-refractivity contribution >= 4 is 5.82 Å². The normalized spacial score (nSPS) is 23.3. The third-order valence-electron chi connectivity index (χ3n) is 3.25. The van der Waals surface area contributed by atoms with E-state index in [0.29, 0.717) is 5.92 Å². The zero-order chi connectivity index (χ0) is 11.1. The minimum Gasteiger partial charge on any atom is -0.384 e. The Hall–Kier alpha value is -1.77. The first kappa shape index (κ1) is 9.46. The number of benzene rings is 1. The van der Waals surface area contributed by atoms with Gasteiger partial charge in [0.05, 0.1) is 11.4 Å². The highest BCUT2D eigenvalue weighted by Crippen LogP contribution is 2.46. The molecule has 3 nitrogen and oxygen atoms in total. The van der Waals surface area contributed by atoms with Crippen LogP contribution in [0.2, 0.25) is 0 Å². The van der Waals surface area contributed by atoms with Crippen LogP contribution in [0.15, 0.2) is 36.4 Å². The monoisotopic (exact) mass is 213 g/mol. The van der Waals surface area contributed by atoms with Crippen LogP contribution in [0.5, 0.6) is 0 Å². The summed E-state index contributed by atoms with van der Waals surface area (Å²) in [6, 6.07) is 12.0. The lowest BCUT2D eigenvalue weighted by Gasteiger charge is -2.02. The third-order valence-corrected chi connectivity index (χ3v) is 3.25. The molecule has 3 heteroatoms. The molecule has 0 aliphatic heterocycles. The van der Waals surface area contributed by atoms with Gasteiger partial charge >= 0.3 is 0 Å². The molecule has 1 aromatic carbocycles. The Kier molecular flexibility index (Phi) is 1.99. The van der Waals surface area contributed by atoms with Crippen molar-refractivity contribution in [1.29, 1.82) is 0 Å². The summed E-state index contributed by atoms with van der Waals surface area (Å²) in [6.45, 7) is 2.25. The van der Waals surface area contributed by atoms with E-state index in [1.165, 1.54) is 6.42 Å². The summed E-state index contributed by atoms with van der Waals surface area (Å²) >= 11 is 0. The lowest BCUT2D eigenvalue weighted by atomic mass is 10.2. The quantitative estimate of drug-likeness (QED) is 0.833. The minimum atomic E-state index is 0.618. The van der Waals surface area contributed by atoms with E-state index < -0.39 is 0 Å². The van der Waals surface area contributed by atoms with Gasteiger partial charge in [0.2, 0.25) is 0 Å². The van der Waals surface area contributed by atoms with Crippen molar-refractivity contribution in [3.63, 3.8) is 0 Å². The standard InChI is InChI=1S/C13H15N3/c1-9-7-11(9)12-8-13(14)16(15-12)10-5-3-2-4-6-10/h2-6,8-9,11H,7,14H2,1H3. The van der Waals surface area contributed by atoms with Crippen LogP contribution >= 0.6 is 0 Å². The number of nitrogen functional groups attached to an aromatic ring is 1. The number of nitrogens with zero attached hydrogens (tertiary/aromatic N) is 2. The van der Waals surface area contributed by atoms with Gasteiger partial charge in [-0.2, -0.15) is 5.10 Å². The van der Waals surface area contributed by atoms with Crippen molar-refractivity contribution in [3.05, 3.63) is 42.1 Å². The number of anilines is 1. The van der Waals surface area contributed by atoms with Crippen molar-refractivity contribution in [3.8, 4) is 5.69 Å². The van der Waals surface area contributed by atoms with Gasteiger partial charge in [0.25, 0.3) is 0 Å². The highest BCUT2D eigenvalue weighted by atomic mass is 15.3. The number of para-hydroxylation sites is 1. The smallest absolute Gasteiger partial charge is 0.127 e. The molecule has 82 valence electrons. The van der Waals surface area contributed by atoms with Crippen molar-refractivity contribution in [1.82, 2.24) is 9.78 Å². The maximum Gasteiger partial charge on any atom is 0.127 e. The Morgan fingerprint density at radius 1 is 1.31 bits per heavy atom. The minimum absolute atomic E-state index is 0.618. The van der Waals surface area contributed by atoms with E-state index in [2.05, 4.69) is 12.0 Å². The van der Waals surface area contributed by atoms with E-state index in [1.807, 2.05) is 41.1 Å². The SMILES string of the molecule is CC1CC1c1cc(N)n(-c2ccccc2)n1. The molecular weight excluding hydrogens is 198 g/mol. The van der Waals surface area contributed by atoms with E-state index in [9.17, 15) is 0 Å². The second-order valence-electron chi connectivity index (χ2n) is 4.56. The van der Waals surface area contributed by atoms with Crippen LogP contribution in [0.4, 0.5) is 5.82 Å². The summed E-state index contributed by atoms with van der Waals surface area (Å²) in [6.07, 6.45) is 1.24. The molecule has 1 aliphatic rings. The molecule has 0 saturated heterocycles. The highest BCUT2D eigenvalue weighted by Gasteiger charge is 2.36. The van der Waals surface area contributed by atoms with Crippen LogP contribution in [-0.2, 0) is 0 Å². The van der Waals surface area contributed by atoms with E-state index in [4.69, 9.17) is 5.73 Å². The molecule has 1 heterocycles. The predicted molar refractivity (Wildman–Crippen MR) is 64.5 cm³/mol. The Balaban J connectivity index is 1.99. The highest BCUT2D eigenvalue weighted by molar-refractivity contribution is 5.44. The number of hydrogen-bond donors (Lipinski definition) is 1. The number of rotatable bonds is 2. The fourth-order valence-corrected chi connectivity index (χ4v) is 2.11. The van der Waals surface area contributed by atoms with Gasteiger partial charge in [0, 0.05) is 12.0 Å². The molecule has 2 atom stereocenters. The number of nitrogens with two attached hydrogens (primary N) is 1. The van der Waals surface area contributed by atoms with Crippen molar-refractivity contribution < 1.29 is 0 Å². The van der Waals surface area contributed by atoms with E-state index in [1.54, 1.807) is 0 Å². The zero-order valence-electron chi connectivity index (χ0n) is 9.30. The summed E-state index contributed by atoms with van der Waals surface area (Å²) in [4.78, 5) is 0. The first-order valence-electron chi connectivity index (χ1n) is 5.66. The molecule has 3 rings (SSSR count). The summed E-state index contributed by atoms with van der Waals surface area (Å²) < 4.78 is 1.82. The topological polar surface area (TPSA) is 43.8 Å². The van der Waals surface area contributed by atoms with Crippen LogP contribution in [0, 0.1) is 5.92 Å². The zero-order valence-corrected chi connectivity index (χ0v) is 9.30. The van der Waals surface area contributed by atoms with Crippen molar-refractivity contribution in [2.45, 2.75) is 19.3 Å². The predicted octanol–water partition coefficient (Wildman–Crippen LogP) is 2.58. The lowest BCUT2D eigenvalue weighted by molar-refractivity contribution is 0.816. The van der Waals surface area contributed by atoms with Gasteiger partial charge in [0.15, 0.2) is 0 Å². The summed E-state index contributed by atoms with van der Waals surface area (Å²) in [5, 5.41) is 4.58. The van der Waals surface area contributed by atoms with Gasteiger partial charge in [-0.25, -0.2) is 4.68 Å². The third kappa shape index (κ3) is 1.48. The molecule has 0 spiro atoms. The molecule has 1 aliphatic carbocycles. The number of hydrogen-bond acceptors (Lipinski definition) is 2. The molecule has 0 radical (unpaired) electrons. The summed E-state index contributed by atoms with van der Waals surface area (Å²) in [7, 11) is 0. The Morgan fingerprint density at radius 2 is 2.00 bits per heavy atom. The van der Waals surface area contributed by atoms with Gasteiger partial charge in [0.1, 0.15) is 5.82 Å². The maximum atomic E-state index is 5.98. The molecule has 2 aromatic rings. The summed E-state index contributed by atoms with van der Waals surface area (Å²) in [5.74, 6) is 2.10. The van der Waals surface area contributed by atoms with Crippen LogP contribution in [0.25, 0.3) is 5.69 Å². The van der Waals surface area contributed by atoms with Gasteiger partial charge in [-0.3, -0.25) is 0 Å². The van der Waals surface area contributed by atoms with Crippen molar-refractivity contribution in [2.75, 3.05) is 5.73 Å². The molecular formula is C13H15N3. The van der Waals surface area contributed by atoms with Crippen LogP contribution in [0.3, 0.4) is 0 Å². The molecule has 1 aromatic heterocycles. The van der Waals surface area contributed by atoms with Gasteiger partial charge in [-0.15, -0.1) is 0 Å². The molecule has 2 N–H and O–H groups in total. The first-order chi connectivity index (χ1) is 7.75. The molecule has 0 amide bonds. The lowest BCUT2D eigenvalue weighted by Crippen LogP contribution is -2.01. The van der Waals surface area contributed by atoms with Crippen LogP contribution in [-0.4, -0.2) is 9.78 Å².